The molecule has 1 heterocycles. The van der Waals surface area contributed by atoms with E-state index in [1.54, 1.807) is 0 Å². The maximum Gasteiger partial charge on any atom is 0.248 e. The standard InChI is InChI=1S/C23H35N3O/c1-2-3-4-5-6-7-8-9-10-11-12-13-14-15-20-23(27)26-22-19-17-16-18-21(22)24-25-26/h2-3,16-19H,4-15,20H2,1H3/b3-2+. The van der Waals surface area contributed by atoms with Crippen molar-refractivity contribution in [2.24, 2.45) is 0 Å². The summed E-state index contributed by atoms with van der Waals surface area (Å²) in [5, 5.41) is 8.04. The van der Waals surface area contributed by atoms with Crippen molar-refractivity contribution in [1.29, 1.82) is 0 Å². The van der Waals surface area contributed by atoms with Crippen molar-refractivity contribution in [3.63, 3.8) is 0 Å². The first-order chi connectivity index (χ1) is 13.3. The van der Waals surface area contributed by atoms with Crippen LogP contribution < -0.4 is 0 Å². The van der Waals surface area contributed by atoms with E-state index >= 15 is 0 Å². The number of rotatable bonds is 14. The number of hydrogen-bond acceptors (Lipinski definition) is 3. The van der Waals surface area contributed by atoms with Gasteiger partial charge >= 0.3 is 0 Å². The van der Waals surface area contributed by atoms with Gasteiger partial charge in [0.15, 0.2) is 0 Å². The fraction of sp³-hybridized carbons (Fsp3) is 0.609. The van der Waals surface area contributed by atoms with Crippen LogP contribution >= 0.6 is 0 Å². The van der Waals surface area contributed by atoms with Crippen LogP contribution in [0, 0.1) is 0 Å². The molecule has 2 aromatic rings. The van der Waals surface area contributed by atoms with E-state index in [1.807, 2.05) is 24.3 Å². The molecule has 148 valence electrons. The molecular formula is C23H35N3O. The third-order valence-electron chi connectivity index (χ3n) is 5.09. The Kier molecular flexibility index (Phi) is 10.5. The predicted molar refractivity (Wildman–Crippen MR) is 113 cm³/mol. The van der Waals surface area contributed by atoms with Crippen LogP contribution in [-0.2, 0) is 0 Å². The molecule has 2 rings (SSSR count). The second kappa shape index (κ2) is 13.2. The van der Waals surface area contributed by atoms with E-state index in [-0.39, 0.29) is 5.91 Å². The number of allylic oxidation sites excluding steroid dienone is 2. The van der Waals surface area contributed by atoms with Crippen LogP contribution in [-0.4, -0.2) is 20.9 Å². The SMILES string of the molecule is C/C=C/CCCCCCCCCCCCCC(=O)n1nnc2ccccc21. The molecule has 0 N–H and O–H groups in total. The van der Waals surface area contributed by atoms with Crippen molar-refractivity contribution in [1.82, 2.24) is 15.0 Å². The molecule has 27 heavy (non-hydrogen) atoms. The molecule has 4 nitrogen and oxygen atoms in total. The molecule has 0 atom stereocenters. The van der Waals surface area contributed by atoms with Gasteiger partial charge in [0.2, 0.25) is 5.91 Å². The minimum absolute atomic E-state index is 0.0538. The van der Waals surface area contributed by atoms with Gasteiger partial charge in [-0.1, -0.05) is 87.3 Å². The molecule has 0 saturated heterocycles. The minimum Gasteiger partial charge on any atom is -0.273 e. The van der Waals surface area contributed by atoms with Gasteiger partial charge in [0.25, 0.3) is 0 Å². The lowest BCUT2D eigenvalue weighted by molar-refractivity contribution is 0.0886. The second-order valence-electron chi connectivity index (χ2n) is 7.38. The number of benzene rings is 1. The molecule has 0 amide bonds. The van der Waals surface area contributed by atoms with Crippen LogP contribution in [0.15, 0.2) is 36.4 Å². The van der Waals surface area contributed by atoms with Crippen molar-refractivity contribution in [3.8, 4) is 0 Å². The second-order valence-corrected chi connectivity index (χ2v) is 7.38. The van der Waals surface area contributed by atoms with E-state index in [2.05, 4.69) is 29.4 Å². The highest BCUT2D eigenvalue weighted by Gasteiger charge is 2.10. The number of nitrogens with zero attached hydrogens (tertiary/aromatic N) is 3. The maximum atomic E-state index is 12.3. The number of carbonyl (C=O) groups excluding carboxylic acids is 1. The molecule has 0 fully saturated rings. The fourth-order valence-electron chi connectivity index (χ4n) is 3.46. The zero-order chi connectivity index (χ0) is 19.2. The van der Waals surface area contributed by atoms with E-state index in [0.717, 1.165) is 23.9 Å². The molecule has 0 aliphatic carbocycles. The van der Waals surface area contributed by atoms with E-state index in [4.69, 9.17) is 0 Å². The number of para-hydroxylation sites is 1. The summed E-state index contributed by atoms with van der Waals surface area (Å²) in [6.45, 7) is 2.09. The van der Waals surface area contributed by atoms with Crippen molar-refractivity contribution in [2.75, 3.05) is 0 Å². The lowest BCUT2D eigenvalue weighted by atomic mass is 10.0. The third-order valence-corrected chi connectivity index (χ3v) is 5.09. The lowest BCUT2D eigenvalue weighted by Gasteiger charge is -2.03. The van der Waals surface area contributed by atoms with E-state index in [9.17, 15) is 4.79 Å². The Hall–Kier alpha value is -1.97. The molecule has 0 spiro atoms. The molecule has 0 radical (unpaired) electrons. The number of unbranched alkanes of at least 4 members (excludes halogenated alkanes) is 11. The highest BCUT2D eigenvalue weighted by Crippen LogP contribution is 2.14. The number of hydrogen-bond donors (Lipinski definition) is 0. The first-order valence-corrected chi connectivity index (χ1v) is 10.8. The van der Waals surface area contributed by atoms with Gasteiger partial charge in [-0.2, -0.15) is 4.68 Å². The van der Waals surface area contributed by atoms with Gasteiger partial charge in [0.05, 0.1) is 5.52 Å². The van der Waals surface area contributed by atoms with Gasteiger partial charge in [0, 0.05) is 6.42 Å². The number of carbonyl (C=O) groups is 1. The molecule has 1 aromatic heterocycles. The van der Waals surface area contributed by atoms with E-state index < -0.39 is 0 Å². The zero-order valence-corrected chi connectivity index (χ0v) is 16.9. The zero-order valence-electron chi connectivity index (χ0n) is 16.9. The number of fused-ring (bicyclic) bond motifs is 1. The molecule has 0 saturated carbocycles. The summed E-state index contributed by atoms with van der Waals surface area (Å²) < 4.78 is 1.45. The predicted octanol–water partition coefficient (Wildman–Crippen LogP) is 6.72. The minimum atomic E-state index is 0.0538. The maximum absolute atomic E-state index is 12.3. The van der Waals surface area contributed by atoms with Crippen molar-refractivity contribution in [3.05, 3.63) is 36.4 Å². The van der Waals surface area contributed by atoms with E-state index in [0.29, 0.717) is 6.42 Å². The molecule has 0 aliphatic heterocycles. The number of aromatic nitrogens is 3. The van der Waals surface area contributed by atoms with Crippen LogP contribution in [0.5, 0.6) is 0 Å². The summed E-state index contributed by atoms with van der Waals surface area (Å²) in [6, 6.07) is 7.61. The normalized spacial score (nSPS) is 11.6. The van der Waals surface area contributed by atoms with Gasteiger partial charge in [-0.3, -0.25) is 4.79 Å². The van der Waals surface area contributed by atoms with Crippen LogP contribution in [0.1, 0.15) is 95.2 Å². The van der Waals surface area contributed by atoms with Crippen LogP contribution in [0.3, 0.4) is 0 Å². The topological polar surface area (TPSA) is 47.8 Å². The summed E-state index contributed by atoms with van der Waals surface area (Å²) >= 11 is 0. The smallest absolute Gasteiger partial charge is 0.248 e. The first-order valence-electron chi connectivity index (χ1n) is 10.8. The summed E-state index contributed by atoms with van der Waals surface area (Å²) in [5.41, 5.74) is 1.59. The Bertz CT molecular complexity index is 690. The lowest BCUT2D eigenvalue weighted by Crippen LogP contribution is -2.12. The molecule has 4 heteroatoms. The molecular weight excluding hydrogens is 334 g/mol. The average molecular weight is 370 g/mol. The molecule has 0 bridgehead atoms. The summed E-state index contributed by atoms with van der Waals surface area (Å²) in [4.78, 5) is 12.3. The van der Waals surface area contributed by atoms with Crippen molar-refractivity contribution >= 4 is 16.9 Å². The van der Waals surface area contributed by atoms with Crippen molar-refractivity contribution < 1.29 is 4.79 Å². The van der Waals surface area contributed by atoms with Crippen molar-refractivity contribution in [2.45, 2.75) is 90.4 Å². The molecule has 1 aromatic carbocycles. The monoisotopic (exact) mass is 369 g/mol. The Morgan fingerprint density at radius 3 is 2.15 bits per heavy atom. The van der Waals surface area contributed by atoms with Gasteiger partial charge < -0.3 is 0 Å². The average Bonchev–Trinajstić information content (AvgIpc) is 3.12. The van der Waals surface area contributed by atoms with Crippen LogP contribution in [0.25, 0.3) is 11.0 Å². The van der Waals surface area contributed by atoms with Gasteiger partial charge in [0.1, 0.15) is 5.52 Å². The largest absolute Gasteiger partial charge is 0.273 e. The Morgan fingerprint density at radius 1 is 0.889 bits per heavy atom. The molecule has 0 unspecified atom stereocenters. The Morgan fingerprint density at radius 2 is 1.48 bits per heavy atom. The third kappa shape index (κ3) is 8.06. The van der Waals surface area contributed by atoms with Crippen LogP contribution in [0.2, 0.25) is 0 Å². The van der Waals surface area contributed by atoms with Gasteiger partial charge in [-0.05, 0) is 38.3 Å². The Balaban J connectivity index is 1.43. The highest BCUT2D eigenvalue weighted by atomic mass is 16.2. The summed E-state index contributed by atoms with van der Waals surface area (Å²) in [7, 11) is 0. The van der Waals surface area contributed by atoms with E-state index in [1.165, 1.54) is 68.9 Å². The first kappa shape index (κ1) is 21.3. The van der Waals surface area contributed by atoms with Gasteiger partial charge in [-0.25, -0.2) is 0 Å². The quantitative estimate of drug-likeness (QED) is 0.274. The van der Waals surface area contributed by atoms with Crippen LogP contribution in [0.4, 0.5) is 0 Å². The fourth-order valence-corrected chi connectivity index (χ4v) is 3.46. The molecule has 0 aliphatic rings. The van der Waals surface area contributed by atoms with Gasteiger partial charge in [-0.15, -0.1) is 5.10 Å². The Labute approximate surface area is 164 Å². The highest BCUT2D eigenvalue weighted by molar-refractivity contribution is 5.88. The summed E-state index contributed by atoms with van der Waals surface area (Å²) in [6.07, 6.45) is 20.4. The summed E-state index contributed by atoms with van der Waals surface area (Å²) in [5.74, 6) is 0.0538.